The maximum Gasteiger partial charge on any atom is 0.324 e. The van der Waals surface area contributed by atoms with Crippen LogP contribution in [0.3, 0.4) is 0 Å². The molecule has 1 N–H and O–H groups in total. The second kappa shape index (κ2) is 8.79. The molecule has 1 aromatic heterocycles. The van der Waals surface area contributed by atoms with Crippen LogP contribution in [0.15, 0.2) is 24.5 Å². The third-order valence-corrected chi connectivity index (χ3v) is 6.55. The van der Waals surface area contributed by atoms with Gasteiger partial charge in [0, 0.05) is 38.1 Å². The lowest BCUT2D eigenvalue weighted by molar-refractivity contribution is -0.151. The second-order valence-corrected chi connectivity index (χ2v) is 9.07. The predicted octanol–water partition coefficient (Wildman–Crippen LogP) is 2.11. The van der Waals surface area contributed by atoms with Crippen molar-refractivity contribution in [3.63, 3.8) is 0 Å². The van der Waals surface area contributed by atoms with Crippen molar-refractivity contribution in [1.29, 1.82) is 0 Å². The number of carbonyl (C=O) groups is 2. The molecule has 7 heteroatoms. The lowest BCUT2D eigenvalue weighted by Crippen LogP contribution is -2.50. The van der Waals surface area contributed by atoms with E-state index in [1.165, 1.54) is 0 Å². The molecule has 1 amide bonds. The van der Waals surface area contributed by atoms with Gasteiger partial charge in [-0.1, -0.05) is 19.9 Å². The third-order valence-electron chi connectivity index (χ3n) is 6.55. The molecule has 0 spiro atoms. The number of hydrogen-bond donors (Lipinski definition) is 1. The van der Waals surface area contributed by atoms with E-state index in [0.29, 0.717) is 19.4 Å². The van der Waals surface area contributed by atoms with Crippen molar-refractivity contribution in [3.8, 4) is 0 Å². The number of rotatable bonds is 5. The molecule has 0 radical (unpaired) electrons. The quantitative estimate of drug-likeness (QED) is 0.813. The Morgan fingerprint density at radius 1 is 1.24 bits per heavy atom. The molecule has 0 aliphatic carbocycles. The van der Waals surface area contributed by atoms with Gasteiger partial charge in [-0.25, -0.2) is 0 Å². The van der Waals surface area contributed by atoms with Crippen molar-refractivity contribution in [3.05, 3.63) is 30.1 Å². The van der Waals surface area contributed by atoms with E-state index in [0.717, 1.165) is 31.6 Å². The van der Waals surface area contributed by atoms with Crippen LogP contribution in [-0.2, 0) is 9.59 Å². The Labute approximate surface area is 173 Å². The highest BCUT2D eigenvalue weighted by atomic mass is 16.4. The summed E-state index contributed by atoms with van der Waals surface area (Å²) in [7, 11) is 3.94. The summed E-state index contributed by atoms with van der Waals surface area (Å²) < 4.78 is 0. The van der Waals surface area contributed by atoms with Gasteiger partial charge in [0.25, 0.3) is 0 Å². The van der Waals surface area contributed by atoms with Gasteiger partial charge in [-0.05, 0) is 57.5 Å². The van der Waals surface area contributed by atoms with Gasteiger partial charge in [0.15, 0.2) is 0 Å². The van der Waals surface area contributed by atoms with Crippen molar-refractivity contribution >= 4 is 11.9 Å². The Balaban J connectivity index is 1.98. The van der Waals surface area contributed by atoms with E-state index in [1.807, 2.05) is 42.8 Å². The fourth-order valence-corrected chi connectivity index (χ4v) is 5.11. The molecule has 0 unspecified atom stereocenters. The third kappa shape index (κ3) is 4.31. The largest absolute Gasteiger partial charge is 0.480 e. The summed E-state index contributed by atoms with van der Waals surface area (Å²) >= 11 is 0. The number of amides is 1. The van der Waals surface area contributed by atoms with Crippen LogP contribution in [0.25, 0.3) is 0 Å². The number of aliphatic carboxylic acids is 1. The summed E-state index contributed by atoms with van der Waals surface area (Å²) in [5.74, 6) is -0.937. The van der Waals surface area contributed by atoms with Gasteiger partial charge in [-0.15, -0.1) is 0 Å². The number of carboxylic acids is 1. The Morgan fingerprint density at radius 2 is 2.00 bits per heavy atom. The zero-order valence-corrected chi connectivity index (χ0v) is 18.0. The van der Waals surface area contributed by atoms with Crippen molar-refractivity contribution in [2.45, 2.75) is 44.7 Å². The highest BCUT2D eigenvalue weighted by molar-refractivity contribution is 5.85. The first-order valence-electron chi connectivity index (χ1n) is 10.6. The number of nitrogens with zero attached hydrogens (tertiary/aromatic N) is 4. The molecule has 0 saturated carbocycles. The molecule has 3 rings (SSSR count). The zero-order valence-electron chi connectivity index (χ0n) is 18.0. The summed E-state index contributed by atoms with van der Waals surface area (Å²) in [6, 6.07) is 3.53. The van der Waals surface area contributed by atoms with Gasteiger partial charge in [-0.2, -0.15) is 0 Å². The SMILES string of the molecule is CC(C)C[C@]1(C(=O)O)C[C@@H](C(=O)N2CCCN(C)CC2)[C@@H](c2cccnc2)N1C. The number of aromatic nitrogens is 1. The van der Waals surface area contributed by atoms with E-state index in [-0.39, 0.29) is 23.8 Å². The fourth-order valence-electron chi connectivity index (χ4n) is 5.11. The summed E-state index contributed by atoms with van der Waals surface area (Å²) in [4.78, 5) is 36.5. The topological polar surface area (TPSA) is 77.0 Å². The average molecular weight is 403 g/mol. The standard InChI is InChI=1S/C22H34N4O3/c1-16(2)13-22(21(28)29)14-18(19(25(22)4)17-7-5-8-23-15-17)20(27)26-10-6-9-24(3)11-12-26/h5,7-8,15-16,18-19H,6,9-14H2,1-4H3,(H,28,29)/t18-,19-,22-/m1/s1. The molecule has 0 aromatic carbocycles. The molecule has 7 nitrogen and oxygen atoms in total. The smallest absolute Gasteiger partial charge is 0.324 e. The number of likely N-dealkylation sites (N-methyl/N-ethyl adjacent to an activating group) is 2. The van der Waals surface area contributed by atoms with E-state index in [1.54, 1.807) is 12.4 Å². The van der Waals surface area contributed by atoms with E-state index in [9.17, 15) is 14.7 Å². The number of hydrogen-bond acceptors (Lipinski definition) is 5. The average Bonchev–Trinajstić information content (AvgIpc) is 2.82. The summed E-state index contributed by atoms with van der Waals surface area (Å²) in [6.07, 6.45) is 5.27. The van der Waals surface area contributed by atoms with Crippen LogP contribution < -0.4 is 0 Å². The van der Waals surface area contributed by atoms with E-state index >= 15 is 0 Å². The van der Waals surface area contributed by atoms with Gasteiger partial charge < -0.3 is 14.9 Å². The van der Waals surface area contributed by atoms with Gasteiger partial charge in [0.1, 0.15) is 5.54 Å². The minimum Gasteiger partial charge on any atom is -0.480 e. The molecule has 3 atom stereocenters. The van der Waals surface area contributed by atoms with Crippen molar-refractivity contribution in [2.24, 2.45) is 11.8 Å². The van der Waals surface area contributed by atoms with Gasteiger partial charge in [-0.3, -0.25) is 19.5 Å². The molecular weight excluding hydrogens is 368 g/mol. The van der Waals surface area contributed by atoms with Crippen LogP contribution in [0.2, 0.25) is 0 Å². The van der Waals surface area contributed by atoms with E-state index in [4.69, 9.17) is 0 Å². The maximum absolute atomic E-state index is 13.7. The maximum atomic E-state index is 13.7. The molecule has 2 saturated heterocycles. The molecular formula is C22H34N4O3. The molecule has 2 aliphatic heterocycles. The molecule has 2 aliphatic rings. The van der Waals surface area contributed by atoms with Crippen molar-refractivity contribution in [1.82, 2.24) is 19.7 Å². The minimum atomic E-state index is -1.04. The lowest BCUT2D eigenvalue weighted by atomic mass is 9.83. The van der Waals surface area contributed by atoms with Gasteiger partial charge >= 0.3 is 5.97 Å². The molecule has 2 fully saturated rings. The van der Waals surface area contributed by atoms with E-state index < -0.39 is 11.5 Å². The molecule has 1 aromatic rings. The Morgan fingerprint density at radius 3 is 2.62 bits per heavy atom. The summed E-state index contributed by atoms with van der Waals surface area (Å²) in [5, 5.41) is 10.2. The number of pyridine rings is 1. The molecule has 29 heavy (non-hydrogen) atoms. The first kappa shape index (κ1) is 21.7. The van der Waals surface area contributed by atoms with Gasteiger partial charge in [0.2, 0.25) is 5.91 Å². The fraction of sp³-hybridized carbons (Fsp3) is 0.682. The highest BCUT2D eigenvalue weighted by Crippen LogP contribution is 2.49. The Hall–Kier alpha value is -1.99. The monoisotopic (exact) mass is 402 g/mol. The normalized spacial score (nSPS) is 29.2. The highest BCUT2D eigenvalue weighted by Gasteiger charge is 2.57. The number of likely N-dealkylation sites (tertiary alicyclic amines) is 1. The van der Waals surface area contributed by atoms with Crippen LogP contribution in [-0.4, -0.2) is 82.5 Å². The first-order valence-corrected chi connectivity index (χ1v) is 10.6. The van der Waals surface area contributed by atoms with Crippen LogP contribution in [0.4, 0.5) is 0 Å². The second-order valence-electron chi connectivity index (χ2n) is 9.07. The van der Waals surface area contributed by atoms with E-state index in [2.05, 4.69) is 16.9 Å². The van der Waals surface area contributed by atoms with Crippen molar-refractivity contribution < 1.29 is 14.7 Å². The van der Waals surface area contributed by atoms with Crippen LogP contribution >= 0.6 is 0 Å². The summed E-state index contributed by atoms with van der Waals surface area (Å²) in [6.45, 7) is 7.33. The molecule has 0 bridgehead atoms. The predicted molar refractivity (Wildman–Crippen MR) is 111 cm³/mol. The molecule has 160 valence electrons. The minimum absolute atomic E-state index is 0.0767. The zero-order chi connectivity index (χ0) is 21.2. The first-order chi connectivity index (χ1) is 13.8. The van der Waals surface area contributed by atoms with Crippen LogP contribution in [0, 0.1) is 11.8 Å². The van der Waals surface area contributed by atoms with Crippen molar-refractivity contribution in [2.75, 3.05) is 40.3 Å². The van der Waals surface area contributed by atoms with Gasteiger partial charge in [0.05, 0.1) is 5.92 Å². The van der Waals surface area contributed by atoms with Crippen LogP contribution in [0.1, 0.15) is 44.7 Å². The lowest BCUT2D eigenvalue weighted by Gasteiger charge is -2.36. The van der Waals surface area contributed by atoms with Crippen LogP contribution in [0.5, 0.6) is 0 Å². The Kier molecular flexibility index (Phi) is 6.58. The Bertz CT molecular complexity index is 726. The summed E-state index contributed by atoms with van der Waals surface area (Å²) in [5.41, 5.74) is -0.135. The molecule has 3 heterocycles. The number of carbonyl (C=O) groups excluding carboxylic acids is 1. The number of carboxylic acid groups (broad SMARTS) is 1.